The highest BCUT2D eigenvalue weighted by Gasteiger charge is 2.40. The summed E-state index contributed by atoms with van der Waals surface area (Å²) in [6.45, 7) is 9.72. The Morgan fingerprint density at radius 2 is 1.67 bits per heavy atom. The van der Waals surface area contributed by atoms with Crippen molar-refractivity contribution < 1.29 is 24.0 Å². The highest BCUT2D eigenvalue weighted by molar-refractivity contribution is 6.28. The van der Waals surface area contributed by atoms with E-state index in [1.807, 2.05) is 27.7 Å². The minimum Gasteiger partial charge on any atom is -0.345 e. The Morgan fingerprint density at radius 1 is 1.00 bits per heavy atom. The van der Waals surface area contributed by atoms with E-state index in [1.165, 1.54) is 11.8 Å². The molecule has 36 heavy (non-hydrogen) atoms. The summed E-state index contributed by atoms with van der Waals surface area (Å²) in [5, 5.41) is 8.24. The van der Waals surface area contributed by atoms with Gasteiger partial charge in [-0.15, -0.1) is 11.6 Å². The van der Waals surface area contributed by atoms with Crippen molar-refractivity contribution in [2.75, 3.05) is 19.0 Å². The van der Waals surface area contributed by atoms with Crippen LogP contribution in [0.2, 0.25) is 0 Å². The van der Waals surface area contributed by atoms with Gasteiger partial charge in [-0.3, -0.25) is 24.0 Å². The van der Waals surface area contributed by atoms with E-state index >= 15 is 0 Å². The van der Waals surface area contributed by atoms with Crippen molar-refractivity contribution in [1.82, 2.24) is 20.9 Å². The summed E-state index contributed by atoms with van der Waals surface area (Å²) in [4.78, 5) is 65.0. The lowest BCUT2D eigenvalue weighted by atomic mass is 9.99. The van der Waals surface area contributed by atoms with E-state index in [0.717, 1.165) is 0 Å². The number of nitrogens with one attached hydrogen (secondary N) is 3. The molecule has 1 saturated heterocycles. The standard InChI is InChI=1S/C25H44ClN5O5/c1-15(2)13-19(21(33)14-26)29-24(35)20-10-8-12-31(20)25(36)22(16(3)4)30-23(34)18(28-17(5)32)9-6-7-11-27/h15-16,18-20,22H,6-14,27H2,1-5H3,(H,28,32)(H,29,35)(H,30,34)/t18-,19-,20-,22-/m0/s1. The van der Waals surface area contributed by atoms with Crippen molar-refractivity contribution in [3.05, 3.63) is 0 Å². The normalized spacial score (nSPS) is 18.0. The van der Waals surface area contributed by atoms with Gasteiger partial charge in [0, 0.05) is 13.5 Å². The molecule has 0 aliphatic carbocycles. The molecule has 1 aliphatic rings. The van der Waals surface area contributed by atoms with Gasteiger partial charge in [0.15, 0.2) is 5.78 Å². The molecule has 0 radical (unpaired) electrons. The van der Waals surface area contributed by atoms with Gasteiger partial charge in [0.25, 0.3) is 0 Å². The average molecular weight is 530 g/mol. The monoisotopic (exact) mass is 529 g/mol. The number of amides is 4. The minimum atomic E-state index is -0.868. The first-order valence-corrected chi connectivity index (χ1v) is 13.4. The predicted octanol–water partition coefficient (Wildman–Crippen LogP) is 1.09. The molecule has 1 fully saturated rings. The summed E-state index contributed by atoms with van der Waals surface area (Å²) in [7, 11) is 0. The maximum absolute atomic E-state index is 13.5. The maximum Gasteiger partial charge on any atom is 0.246 e. The van der Waals surface area contributed by atoms with Crippen LogP contribution in [0.15, 0.2) is 0 Å². The number of unbranched alkanes of at least 4 members (excludes halogenated alkanes) is 1. The summed E-state index contributed by atoms with van der Waals surface area (Å²) in [6, 6.07) is -3.09. The van der Waals surface area contributed by atoms with Crippen molar-refractivity contribution in [2.45, 2.75) is 97.3 Å². The van der Waals surface area contributed by atoms with E-state index in [2.05, 4.69) is 16.0 Å². The van der Waals surface area contributed by atoms with Gasteiger partial charge in [-0.25, -0.2) is 0 Å². The van der Waals surface area contributed by atoms with Crippen LogP contribution in [0.1, 0.15) is 73.1 Å². The van der Waals surface area contributed by atoms with Crippen LogP contribution in [-0.4, -0.2) is 77.4 Å². The lowest BCUT2D eigenvalue weighted by Crippen LogP contribution is -2.58. The molecule has 11 heteroatoms. The molecule has 1 aliphatic heterocycles. The number of hydrogen-bond donors (Lipinski definition) is 4. The second-order valence-corrected chi connectivity index (χ2v) is 10.5. The van der Waals surface area contributed by atoms with Crippen LogP contribution in [0.5, 0.6) is 0 Å². The maximum atomic E-state index is 13.5. The van der Waals surface area contributed by atoms with Gasteiger partial charge in [-0.1, -0.05) is 27.7 Å². The summed E-state index contributed by atoms with van der Waals surface area (Å²) >= 11 is 5.74. The third-order valence-electron chi connectivity index (χ3n) is 6.25. The highest BCUT2D eigenvalue weighted by atomic mass is 35.5. The number of hydrogen-bond acceptors (Lipinski definition) is 6. The first kappa shape index (κ1) is 31.8. The molecule has 4 atom stereocenters. The van der Waals surface area contributed by atoms with E-state index in [9.17, 15) is 24.0 Å². The number of halogens is 1. The number of alkyl halides is 1. The number of likely N-dealkylation sites (tertiary alicyclic amines) is 1. The number of carbonyl (C=O) groups is 5. The largest absolute Gasteiger partial charge is 0.345 e. The van der Waals surface area contributed by atoms with Crippen molar-refractivity contribution in [3.63, 3.8) is 0 Å². The zero-order valence-corrected chi connectivity index (χ0v) is 23.0. The Balaban J connectivity index is 2.99. The van der Waals surface area contributed by atoms with E-state index in [0.29, 0.717) is 51.6 Å². The molecule has 0 aromatic carbocycles. The van der Waals surface area contributed by atoms with E-state index < -0.39 is 36.0 Å². The quantitative estimate of drug-likeness (QED) is 0.184. The molecule has 206 valence electrons. The molecule has 0 unspecified atom stereocenters. The van der Waals surface area contributed by atoms with Crippen LogP contribution in [0.3, 0.4) is 0 Å². The Morgan fingerprint density at radius 3 is 2.19 bits per heavy atom. The first-order chi connectivity index (χ1) is 16.9. The molecule has 10 nitrogen and oxygen atoms in total. The lowest BCUT2D eigenvalue weighted by molar-refractivity contribution is -0.143. The molecule has 5 N–H and O–H groups in total. The Hall–Kier alpha value is -2.20. The van der Waals surface area contributed by atoms with E-state index in [4.69, 9.17) is 17.3 Å². The van der Waals surface area contributed by atoms with Crippen LogP contribution in [-0.2, 0) is 24.0 Å². The molecule has 0 aromatic heterocycles. The zero-order valence-electron chi connectivity index (χ0n) is 22.3. The highest BCUT2D eigenvalue weighted by Crippen LogP contribution is 2.21. The minimum absolute atomic E-state index is 0.172. The summed E-state index contributed by atoms with van der Waals surface area (Å²) in [5.74, 6) is -2.08. The lowest BCUT2D eigenvalue weighted by Gasteiger charge is -2.32. The second kappa shape index (κ2) is 15.8. The number of carbonyl (C=O) groups excluding carboxylic acids is 5. The van der Waals surface area contributed by atoms with Gasteiger partial charge in [0.2, 0.25) is 23.6 Å². The number of ketones is 1. The van der Waals surface area contributed by atoms with Crippen molar-refractivity contribution in [1.29, 1.82) is 0 Å². The fourth-order valence-electron chi connectivity index (χ4n) is 4.36. The molecular formula is C25H44ClN5O5. The van der Waals surface area contributed by atoms with Crippen LogP contribution < -0.4 is 21.7 Å². The molecule has 0 bridgehead atoms. The molecule has 0 aromatic rings. The SMILES string of the molecule is CC(=O)N[C@@H](CCCCN)C(=O)N[C@H](C(=O)N1CCC[C@H]1C(=O)N[C@@H](CC(C)C)C(=O)CCl)C(C)C. The third kappa shape index (κ3) is 10.0. The summed E-state index contributed by atoms with van der Waals surface area (Å²) < 4.78 is 0. The van der Waals surface area contributed by atoms with Gasteiger partial charge in [-0.2, -0.15) is 0 Å². The fraction of sp³-hybridized carbons (Fsp3) is 0.800. The summed E-state index contributed by atoms with van der Waals surface area (Å²) in [5.41, 5.74) is 5.54. The Labute approximate surface area is 219 Å². The third-order valence-corrected chi connectivity index (χ3v) is 6.52. The molecule has 1 rings (SSSR count). The average Bonchev–Trinajstić information content (AvgIpc) is 3.30. The van der Waals surface area contributed by atoms with Crippen molar-refractivity contribution >= 4 is 41.0 Å². The van der Waals surface area contributed by atoms with Crippen LogP contribution in [0, 0.1) is 11.8 Å². The van der Waals surface area contributed by atoms with Gasteiger partial charge < -0.3 is 26.6 Å². The first-order valence-electron chi connectivity index (χ1n) is 12.9. The summed E-state index contributed by atoms with van der Waals surface area (Å²) in [6.07, 6.45) is 3.33. The van der Waals surface area contributed by atoms with Crippen molar-refractivity contribution in [3.8, 4) is 0 Å². The number of Topliss-reactive ketones (excluding diaryl/α,β-unsaturated/α-hetero) is 1. The van der Waals surface area contributed by atoms with Gasteiger partial charge in [-0.05, 0) is 56.9 Å². The molecule has 1 heterocycles. The van der Waals surface area contributed by atoms with Crippen LogP contribution in [0.25, 0.3) is 0 Å². The number of nitrogens with zero attached hydrogens (tertiary/aromatic N) is 1. The van der Waals surface area contributed by atoms with Crippen LogP contribution in [0.4, 0.5) is 0 Å². The smallest absolute Gasteiger partial charge is 0.246 e. The predicted molar refractivity (Wildman–Crippen MR) is 139 cm³/mol. The van der Waals surface area contributed by atoms with E-state index in [-0.39, 0.29) is 35.3 Å². The Kier molecular flexibility index (Phi) is 14.0. The molecular weight excluding hydrogens is 486 g/mol. The zero-order chi connectivity index (χ0) is 27.4. The van der Waals surface area contributed by atoms with Crippen LogP contribution >= 0.6 is 11.6 Å². The van der Waals surface area contributed by atoms with Gasteiger partial charge >= 0.3 is 0 Å². The fourth-order valence-corrected chi connectivity index (χ4v) is 4.55. The van der Waals surface area contributed by atoms with Gasteiger partial charge in [0.1, 0.15) is 18.1 Å². The molecule has 4 amide bonds. The van der Waals surface area contributed by atoms with E-state index in [1.54, 1.807) is 0 Å². The second-order valence-electron chi connectivity index (χ2n) is 10.2. The molecule has 0 spiro atoms. The van der Waals surface area contributed by atoms with Gasteiger partial charge in [0.05, 0.1) is 11.9 Å². The Bertz CT molecular complexity index is 776. The number of nitrogens with two attached hydrogens (primary N) is 1. The molecule has 0 saturated carbocycles. The number of rotatable bonds is 15. The van der Waals surface area contributed by atoms with Crippen molar-refractivity contribution in [2.24, 2.45) is 17.6 Å². The topological polar surface area (TPSA) is 151 Å².